The Hall–Kier alpha value is -2.38. The molecule has 1 unspecified atom stereocenters. The van der Waals surface area contributed by atoms with E-state index in [0.29, 0.717) is 0 Å². The van der Waals surface area contributed by atoms with Crippen molar-refractivity contribution in [2.24, 2.45) is 5.92 Å². The lowest BCUT2D eigenvalue weighted by molar-refractivity contribution is -0.141. The minimum atomic E-state index is -1.05. The van der Waals surface area contributed by atoms with Crippen LogP contribution in [0.5, 0.6) is 5.75 Å². The van der Waals surface area contributed by atoms with Crippen LogP contribution < -0.4 is 10.1 Å². The van der Waals surface area contributed by atoms with E-state index in [2.05, 4.69) is 10.1 Å². The van der Waals surface area contributed by atoms with E-state index in [0.717, 1.165) is 24.1 Å². The fourth-order valence-electron chi connectivity index (χ4n) is 1.62. The Morgan fingerprint density at radius 1 is 1.38 bits per heavy atom. The van der Waals surface area contributed by atoms with Crippen molar-refractivity contribution < 1.29 is 28.2 Å². The van der Waals surface area contributed by atoms with Crippen molar-refractivity contribution >= 4 is 17.7 Å². The second kappa shape index (κ2) is 6.87. The third kappa shape index (κ3) is 4.30. The smallest absolute Gasteiger partial charge is 0.321 e. The number of hydrogen-bond acceptors (Lipinski definition) is 3. The van der Waals surface area contributed by atoms with Crippen LogP contribution in [0.25, 0.3) is 0 Å². The zero-order valence-corrected chi connectivity index (χ0v) is 11.8. The van der Waals surface area contributed by atoms with Gasteiger partial charge in [0.2, 0.25) is 0 Å². The molecule has 0 aliphatic heterocycles. The van der Waals surface area contributed by atoms with Gasteiger partial charge in [-0.1, -0.05) is 6.92 Å². The number of carboxylic acid groups (broad SMARTS) is 1. The highest BCUT2D eigenvalue weighted by Gasteiger charge is 2.18. The summed E-state index contributed by atoms with van der Waals surface area (Å²) < 4.78 is 31.5. The SMILES string of the molecule is COc1c(F)cc(NC(=O)N(C)CC(C)C(=O)O)cc1F. The minimum absolute atomic E-state index is 0.0394. The summed E-state index contributed by atoms with van der Waals surface area (Å²) in [4.78, 5) is 23.6. The lowest BCUT2D eigenvalue weighted by Gasteiger charge is -2.20. The van der Waals surface area contributed by atoms with Gasteiger partial charge in [0.1, 0.15) is 0 Å². The Bertz CT molecular complexity index is 528. The lowest BCUT2D eigenvalue weighted by atomic mass is 10.2. The van der Waals surface area contributed by atoms with Crippen molar-refractivity contribution in [2.45, 2.75) is 6.92 Å². The van der Waals surface area contributed by atoms with Gasteiger partial charge < -0.3 is 20.1 Å². The molecule has 0 bridgehead atoms. The molecule has 0 fully saturated rings. The first-order valence-corrected chi connectivity index (χ1v) is 6.04. The average Bonchev–Trinajstić information content (AvgIpc) is 2.37. The molecule has 6 nitrogen and oxygen atoms in total. The molecule has 2 amide bonds. The number of urea groups is 1. The maximum Gasteiger partial charge on any atom is 0.321 e. The molecule has 21 heavy (non-hydrogen) atoms. The average molecular weight is 302 g/mol. The van der Waals surface area contributed by atoms with E-state index >= 15 is 0 Å². The molecular weight excluding hydrogens is 286 g/mol. The van der Waals surface area contributed by atoms with Gasteiger partial charge in [0, 0.05) is 31.4 Å². The number of rotatable bonds is 5. The third-order valence-electron chi connectivity index (χ3n) is 2.77. The molecule has 1 aromatic carbocycles. The second-order valence-electron chi connectivity index (χ2n) is 4.52. The number of anilines is 1. The van der Waals surface area contributed by atoms with Crippen molar-refractivity contribution in [3.63, 3.8) is 0 Å². The van der Waals surface area contributed by atoms with Crippen molar-refractivity contribution in [2.75, 3.05) is 26.0 Å². The van der Waals surface area contributed by atoms with Gasteiger partial charge >= 0.3 is 12.0 Å². The summed E-state index contributed by atoms with van der Waals surface area (Å²) >= 11 is 0. The van der Waals surface area contributed by atoms with Crippen LogP contribution in [0.2, 0.25) is 0 Å². The Kier molecular flexibility index (Phi) is 5.45. The van der Waals surface area contributed by atoms with Crippen LogP contribution in [-0.2, 0) is 4.79 Å². The first kappa shape index (κ1) is 16.7. The quantitative estimate of drug-likeness (QED) is 0.873. The van der Waals surface area contributed by atoms with E-state index < -0.39 is 35.3 Å². The predicted octanol–water partition coefficient (Wildman–Crippen LogP) is 2.16. The summed E-state index contributed by atoms with van der Waals surface area (Å²) in [5, 5.41) is 11.0. The van der Waals surface area contributed by atoms with Gasteiger partial charge in [-0.2, -0.15) is 0 Å². The van der Waals surface area contributed by atoms with E-state index in [1.807, 2.05) is 0 Å². The number of amides is 2. The Morgan fingerprint density at radius 2 is 1.90 bits per heavy atom. The van der Waals surface area contributed by atoms with Crippen molar-refractivity contribution in [3.05, 3.63) is 23.8 Å². The molecule has 0 heterocycles. The van der Waals surface area contributed by atoms with Crippen molar-refractivity contribution in [1.29, 1.82) is 0 Å². The number of carbonyl (C=O) groups excluding carboxylic acids is 1. The normalized spacial score (nSPS) is 11.7. The molecule has 0 aliphatic carbocycles. The van der Waals surface area contributed by atoms with Gasteiger partial charge in [-0.15, -0.1) is 0 Å². The molecule has 0 saturated carbocycles. The fraction of sp³-hybridized carbons (Fsp3) is 0.385. The summed E-state index contributed by atoms with van der Waals surface area (Å²) in [5.41, 5.74) is -0.0920. The molecule has 0 spiro atoms. The molecule has 0 aliphatic rings. The molecule has 0 saturated heterocycles. The molecule has 8 heteroatoms. The molecule has 116 valence electrons. The summed E-state index contributed by atoms with van der Waals surface area (Å²) in [6.45, 7) is 1.40. The highest BCUT2D eigenvalue weighted by molar-refractivity contribution is 5.89. The van der Waals surface area contributed by atoms with Crippen molar-refractivity contribution in [3.8, 4) is 5.75 Å². The largest absolute Gasteiger partial charge is 0.491 e. The first-order chi connectivity index (χ1) is 9.76. The number of nitrogens with zero attached hydrogens (tertiary/aromatic N) is 1. The minimum Gasteiger partial charge on any atom is -0.491 e. The number of hydrogen-bond donors (Lipinski definition) is 2. The predicted molar refractivity (Wildman–Crippen MR) is 71.4 cm³/mol. The maximum absolute atomic E-state index is 13.5. The van der Waals surface area contributed by atoms with E-state index in [1.54, 1.807) is 0 Å². The molecule has 1 rings (SSSR count). The number of carboxylic acids is 1. The number of carbonyl (C=O) groups is 2. The van der Waals surface area contributed by atoms with E-state index in [-0.39, 0.29) is 12.2 Å². The number of benzene rings is 1. The molecule has 0 aromatic heterocycles. The topological polar surface area (TPSA) is 78.9 Å². The zero-order chi connectivity index (χ0) is 16.2. The van der Waals surface area contributed by atoms with Gasteiger partial charge in [-0.05, 0) is 0 Å². The summed E-state index contributed by atoms with van der Waals surface area (Å²) in [7, 11) is 2.51. The number of halogens is 2. The fourth-order valence-corrected chi connectivity index (χ4v) is 1.62. The Morgan fingerprint density at radius 3 is 2.33 bits per heavy atom. The molecule has 2 N–H and O–H groups in total. The van der Waals surface area contributed by atoms with Gasteiger partial charge in [0.25, 0.3) is 0 Å². The molecular formula is C13H16F2N2O4. The van der Waals surface area contributed by atoms with Crippen molar-refractivity contribution in [1.82, 2.24) is 4.90 Å². The highest BCUT2D eigenvalue weighted by Crippen LogP contribution is 2.25. The van der Waals surface area contributed by atoms with Gasteiger partial charge in [-0.25, -0.2) is 13.6 Å². The summed E-state index contributed by atoms with van der Waals surface area (Å²) in [6.07, 6.45) is 0. The van der Waals surface area contributed by atoms with Crippen LogP contribution in [0.3, 0.4) is 0 Å². The number of nitrogens with one attached hydrogen (secondary N) is 1. The number of aliphatic carboxylic acids is 1. The van der Waals surface area contributed by atoms with Gasteiger partial charge in [-0.3, -0.25) is 4.79 Å². The second-order valence-corrected chi connectivity index (χ2v) is 4.52. The molecule has 0 radical (unpaired) electrons. The standard InChI is InChI=1S/C13H16F2N2O4/c1-7(12(18)19)6-17(2)13(20)16-8-4-9(14)11(21-3)10(15)5-8/h4-5,7H,6H2,1-3H3,(H,16,20)(H,18,19). The zero-order valence-electron chi connectivity index (χ0n) is 11.8. The van der Waals surface area contributed by atoms with Gasteiger partial charge in [0.15, 0.2) is 17.4 Å². The van der Waals surface area contributed by atoms with Crippen LogP contribution >= 0.6 is 0 Å². The van der Waals surface area contributed by atoms with E-state index in [9.17, 15) is 18.4 Å². The number of methoxy groups -OCH3 is 1. The van der Waals surface area contributed by atoms with Crippen LogP contribution in [0.1, 0.15) is 6.92 Å². The van der Waals surface area contributed by atoms with E-state index in [4.69, 9.17) is 5.11 Å². The monoisotopic (exact) mass is 302 g/mol. The summed E-state index contributed by atoms with van der Waals surface area (Å²) in [5.74, 6) is -4.24. The molecule has 1 aromatic rings. The maximum atomic E-state index is 13.5. The van der Waals surface area contributed by atoms with Gasteiger partial charge in [0.05, 0.1) is 13.0 Å². The Balaban J connectivity index is 2.77. The third-order valence-corrected chi connectivity index (χ3v) is 2.77. The summed E-state index contributed by atoms with van der Waals surface area (Å²) in [6, 6.07) is 1.15. The van der Waals surface area contributed by atoms with Crippen LogP contribution in [0.4, 0.5) is 19.3 Å². The first-order valence-electron chi connectivity index (χ1n) is 6.04. The van der Waals surface area contributed by atoms with Crippen LogP contribution in [0, 0.1) is 17.6 Å². The van der Waals surface area contributed by atoms with Crippen LogP contribution in [-0.4, -0.2) is 42.7 Å². The molecule has 1 atom stereocenters. The van der Waals surface area contributed by atoms with E-state index in [1.165, 1.54) is 14.0 Å². The van der Waals surface area contributed by atoms with Crippen LogP contribution in [0.15, 0.2) is 12.1 Å². The lowest BCUT2D eigenvalue weighted by Crippen LogP contribution is -2.36. The Labute approximate surface area is 120 Å². The number of ether oxygens (including phenoxy) is 1. The highest BCUT2D eigenvalue weighted by atomic mass is 19.1.